The van der Waals surface area contributed by atoms with E-state index in [4.69, 9.17) is 0 Å². The molecule has 0 radical (unpaired) electrons. The van der Waals surface area contributed by atoms with Crippen molar-refractivity contribution < 1.29 is 4.79 Å². The third-order valence-corrected chi connectivity index (χ3v) is 3.22. The van der Waals surface area contributed by atoms with Gasteiger partial charge in [0.1, 0.15) is 5.69 Å². The van der Waals surface area contributed by atoms with Gasteiger partial charge in [0.15, 0.2) is 0 Å². The second kappa shape index (κ2) is 5.33. The first-order chi connectivity index (χ1) is 9.70. The van der Waals surface area contributed by atoms with E-state index in [9.17, 15) is 4.79 Å². The monoisotopic (exact) mass is 267 g/mol. The van der Waals surface area contributed by atoms with Crippen LogP contribution in [0.25, 0.3) is 0 Å². The van der Waals surface area contributed by atoms with Gasteiger partial charge in [0.25, 0.3) is 5.91 Å². The van der Waals surface area contributed by atoms with Crippen molar-refractivity contribution in [2.45, 2.75) is 25.8 Å². The molecule has 1 aliphatic rings. The number of rotatable bonds is 4. The lowest BCUT2D eigenvalue weighted by Crippen LogP contribution is -2.14. The van der Waals surface area contributed by atoms with E-state index in [1.54, 1.807) is 12.3 Å². The summed E-state index contributed by atoms with van der Waals surface area (Å²) in [6.07, 6.45) is 4.07. The van der Waals surface area contributed by atoms with Crippen LogP contribution in [-0.2, 0) is 0 Å². The molecule has 1 aromatic heterocycles. The van der Waals surface area contributed by atoms with E-state index in [1.807, 2.05) is 37.3 Å². The van der Waals surface area contributed by atoms with E-state index in [1.165, 1.54) is 12.8 Å². The molecule has 2 aromatic rings. The van der Waals surface area contributed by atoms with Gasteiger partial charge in [0.2, 0.25) is 0 Å². The minimum absolute atomic E-state index is 0.185. The Morgan fingerprint density at radius 3 is 2.80 bits per heavy atom. The quantitative estimate of drug-likeness (QED) is 0.894. The number of benzene rings is 1. The Morgan fingerprint density at radius 1 is 1.20 bits per heavy atom. The second-order valence-electron chi connectivity index (χ2n) is 5.17. The van der Waals surface area contributed by atoms with Crippen molar-refractivity contribution >= 4 is 17.3 Å². The molecule has 1 aliphatic carbocycles. The molecular weight excluding hydrogens is 250 g/mol. The molecule has 4 heteroatoms. The van der Waals surface area contributed by atoms with Crippen LogP contribution < -0.4 is 10.6 Å². The Balaban J connectivity index is 1.72. The van der Waals surface area contributed by atoms with Gasteiger partial charge in [-0.15, -0.1) is 0 Å². The maximum absolute atomic E-state index is 12.2. The Hall–Kier alpha value is -2.36. The average Bonchev–Trinajstić information content (AvgIpc) is 3.23. The zero-order chi connectivity index (χ0) is 13.9. The fourth-order valence-electron chi connectivity index (χ4n) is 2.03. The standard InChI is InChI=1S/C16H17N3O/c1-11-3-2-4-13(9-11)19-16(20)15-10-14(7-8-17-15)18-12-5-6-12/h2-4,7-10,12H,5-6H2,1H3,(H,17,18)(H,19,20). The summed E-state index contributed by atoms with van der Waals surface area (Å²) in [5.41, 5.74) is 3.28. The average molecular weight is 267 g/mol. The highest BCUT2D eigenvalue weighted by Gasteiger charge is 2.21. The number of nitrogens with one attached hydrogen (secondary N) is 2. The van der Waals surface area contributed by atoms with Crippen molar-refractivity contribution in [3.05, 3.63) is 53.9 Å². The van der Waals surface area contributed by atoms with Crippen LogP contribution in [-0.4, -0.2) is 16.9 Å². The van der Waals surface area contributed by atoms with Crippen LogP contribution in [0, 0.1) is 6.92 Å². The Bertz CT molecular complexity index is 635. The molecule has 4 nitrogen and oxygen atoms in total. The minimum atomic E-state index is -0.185. The lowest BCUT2D eigenvalue weighted by atomic mass is 10.2. The molecule has 1 aromatic carbocycles. The van der Waals surface area contributed by atoms with Gasteiger partial charge in [-0.3, -0.25) is 9.78 Å². The zero-order valence-corrected chi connectivity index (χ0v) is 11.4. The molecule has 1 saturated carbocycles. The summed E-state index contributed by atoms with van der Waals surface area (Å²) < 4.78 is 0. The molecule has 0 unspecified atom stereocenters. The summed E-state index contributed by atoms with van der Waals surface area (Å²) in [4.78, 5) is 16.3. The number of pyridine rings is 1. The molecule has 0 saturated heterocycles. The molecule has 2 N–H and O–H groups in total. The Kier molecular flexibility index (Phi) is 3.37. The highest BCUT2D eigenvalue weighted by Crippen LogP contribution is 2.24. The van der Waals surface area contributed by atoms with Gasteiger partial charge >= 0.3 is 0 Å². The molecule has 0 aliphatic heterocycles. The van der Waals surface area contributed by atoms with Crippen LogP contribution in [0.1, 0.15) is 28.9 Å². The van der Waals surface area contributed by atoms with Crippen LogP contribution in [0.4, 0.5) is 11.4 Å². The highest BCUT2D eigenvalue weighted by molar-refractivity contribution is 6.03. The molecule has 1 heterocycles. The maximum Gasteiger partial charge on any atom is 0.274 e. The topological polar surface area (TPSA) is 54.0 Å². The second-order valence-corrected chi connectivity index (χ2v) is 5.17. The largest absolute Gasteiger partial charge is 0.382 e. The van der Waals surface area contributed by atoms with Gasteiger partial charge in [0.05, 0.1) is 0 Å². The Labute approximate surface area is 118 Å². The first kappa shape index (κ1) is 12.7. The summed E-state index contributed by atoms with van der Waals surface area (Å²) >= 11 is 0. The first-order valence-corrected chi connectivity index (χ1v) is 6.81. The predicted molar refractivity (Wildman–Crippen MR) is 80.0 cm³/mol. The maximum atomic E-state index is 12.2. The van der Waals surface area contributed by atoms with Crippen LogP contribution in [0.3, 0.4) is 0 Å². The van der Waals surface area contributed by atoms with E-state index in [0.29, 0.717) is 11.7 Å². The molecule has 3 rings (SSSR count). The van der Waals surface area contributed by atoms with Crippen molar-refractivity contribution in [2.75, 3.05) is 10.6 Å². The molecule has 1 amide bonds. The number of carbonyl (C=O) groups is 1. The summed E-state index contributed by atoms with van der Waals surface area (Å²) in [7, 11) is 0. The highest BCUT2D eigenvalue weighted by atomic mass is 16.1. The number of amides is 1. The predicted octanol–water partition coefficient (Wildman–Crippen LogP) is 3.22. The van der Waals surface area contributed by atoms with E-state index >= 15 is 0 Å². The van der Waals surface area contributed by atoms with Crippen molar-refractivity contribution in [1.29, 1.82) is 0 Å². The van der Waals surface area contributed by atoms with Gasteiger partial charge in [-0.1, -0.05) is 12.1 Å². The van der Waals surface area contributed by atoms with E-state index in [0.717, 1.165) is 16.9 Å². The minimum Gasteiger partial charge on any atom is -0.382 e. The summed E-state index contributed by atoms with van der Waals surface area (Å²) in [5.74, 6) is -0.185. The lowest BCUT2D eigenvalue weighted by molar-refractivity contribution is 0.102. The number of hydrogen-bond donors (Lipinski definition) is 2. The van der Waals surface area contributed by atoms with Gasteiger partial charge in [-0.25, -0.2) is 0 Å². The zero-order valence-electron chi connectivity index (χ0n) is 11.4. The van der Waals surface area contributed by atoms with E-state index in [2.05, 4.69) is 15.6 Å². The molecule has 0 bridgehead atoms. The van der Waals surface area contributed by atoms with Crippen molar-refractivity contribution in [3.8, 4) is 0 Å². The number of anilines is 2. The third kappa shape index (κ3) is 3.15. The Morgan fingerprint density at radius 2 is 2.05 bits per heavy atom. The molecule has 1 fully saturated rings. The van der Waals surface area contributed by atoms with Crippen LogP contribution in [0.2, 0.25) is 0 Å². The SMILES string of the molecule is Cc1cccc(NC(=O)c2cc(NC3CC3)ccn2)c1. The van der Waals surface area contributed by atoms with Crippen LogP contribution in [0.5, 0.6) is 0 Å². The fraction of sp³-hybridized carbons (Fsp3) is 0.250. The third-order valence-electron chi connectivity index (χ3n) is 3.22. The number of aromatic nitrogens is 1. The summed E-state index contributed by atoms with van der Waals surface area (Å²) in [6.45, 7) is 1.99. The molecule has 20 heavy (non-hydrogen) atoms. The van der Waals surface area contributed by atoms with Gasteiger partial charge in [-0.2, -0.15) is 0 Å². The molecule has 102 valence electrons. The molecule has 0 atom stereocenters. The number of nitrogens with zero attached hydrogens (tertiary/aromatic N) is 1. The van der Waals surface area contributed by atoms with Crippen molar-refractivity contribution in [1.82, 2.24) is 4.98 Å². The van der Waals surface area contributed by atoms with Crippen LogP contribution in [0.15, 0.2) is 42.6 Å². The van der Waals surface area contributed by atoms with E-state index < -0.39 is 0 Å². The number of aryl methyl sites for hydroxylation is 1. The van der Waals surface area contributed by atoms with Crippen LogP contribution >= 0.6 is 0 Å². The fourth-order valence-corrected chi connectivity index (χ4v) is 2.03. The van der Waals surface area contributed by atoms with Gasteiger partial charge < -0.3 is 10.6 Å². The first-order valence-electron chi connectivity index (χ1n) is 6.81. The van der Waals surface area contributed by atoms with Gasteiger partial charge in [-0.05, 0) is 49.6 Å². The molecule has 0 spiro atoms. The van der Waals surface area contributed by atoms with E-state index in [-0.39, 0.29) is 5.91 Å². The summed E-state index contributed by atoms with van der Waals surface area (Å²) in [6, 6.07) is 12.0. The number of hydrogen-bond acceptors (Lipinski definition) is 3. The lowest BCUT2D eigenvalue weighted by Gasteiger charge is -2.08. The van der Waals surface area contributed by atoms with Gasteiger partial charge in [0, 0.05) is 23.6 Å². The smallest absolute Gasteiger partial charge is 0.274 e. The van der Waals surface area contributed by atoms with Crippen molar-refractivity contribution in [2.24, 2.45) is 0 Å². The number of carbonyl (C=O) groups excluding carboxylic acids is 1. The summed E-state index contributed by atoms with van der Waals surface area (Å²) in [5, 5.41) is 6.23. The molecular formula is C16H17N3O. The van der Waals surface area contributed by atoms with Crippen molar-refractivity contribution in [3.63, 3.8) is 0 Å². The normalized spacial score (nSPS) is 13.8.